The number of nitrogens with two attached hydrogens (primary N) is 1. The molecule has 4 N–H and O–H groups in total. The Kier molecular flexibility index (Phi) is 7.64. The van der Waals surface area contributed by atoms with Crippen LogP contribution in [0.25, 0.3) is 0 Å². The van der Waals surface area contributed by atoms with Crippen LogP contribution in [0, 0.1) is 11.3 Å². The fraction of sp³-hybridized carbons (Fsp3) is 0.391. The molecule has 1 heterocycles. The predicted octanol–water partition coefficient (Wildman–Crippen LogP) is 2.77. The van der Waals surface area contributed by atoms with Crippen LogP contribution in [0.3, 0.4) is 0 Å². The largest absolute Gasteiger partial charge is 0.492 e. The molecule has 6 nitrogen and oxygen atoms in total. The lowest BCUT2D eigenvalue weighted by Gasteiger charge is -2.31. The quantitative estimate of drug-likeness (QED) is 0.346. The van der Waals surface area contributed by atoms with Gasteiger partial charge in [0.1, 0.15) is 18.2 Å². The van der Waals surface area contributed by atoms with Crippen molar-refractivity contribution < 1.29 is 9.53 Å². The second-order valence-corrected chi connectivity index (χ2v) is 7.55. The van der Waals surface area contributed by atoms with E-state index in [2.05, 4.69) is 34.5 Å². The van der Waals surface area contributed by atoms with Gasteiger partial charge in [-0.25, -0.2) is 0 Å². The Morgan fingerprint density at radius 1 is 1.14 bits per heavy atom. The van der Waals surface area contributed by atoms with E-state index in [1.807, 2.05) is 12.1 Å². The molecule has 0 saturated carbocycles. The highest BCUT2D eigenvalue weighted by Crippen LogP contribution is 2.21. The maximum absolute atomic E-state index is 12.2. The van der Waals surface area contributed by atoms with E-state index in [4.69, 9.17) is 15.9 Å². The number of nitrogens with zero attached hydrogens (tertiary/aromatic N) is 1. The average molecular weight is 395 g/mol. The molecule has 154 valence electrons. The van der Waals surface area contributed by atoms with Gasteiger partial charge in [0.2, 0.25) is 5.91 Å². The van der Waals surface area contributed by atoms with Gasteiger partial charge < -0.3 is 15.8 Å². The highest BCUT2D eigenvalue weighted by Gasteiger charge is 2.21. The van der Waals surface area contributed by atoms with Gasteiger partial charge in [-0.1, -0.05) is 42.5 Å². The zero-order valence-corrected chi connectivity index (χ0v) is 16.8. The Bertz CT molecular complexity index is 802. The van der Waals surface area contributed by atoms with E-state index in [0.717, 1.165) is 32.5 Å². The monoisotopic (exact) mass is 394 g/mol. The lowest BCUT2D eigenvalue weighted by Crippen LogP contribution is -2.36. The second kappa shape index (κ2) is 10.6. The fourth-order valence-electron chi connectivity index (χ4n) is 3.64. The lowest BCUT2D eigenvalue weighted by atomic mass is 9.93. The summed E-state index contributed by atoms with van der Waals surface area (Å²) in [7, 11) is 0. The van der Waals surface area contributed by atoms with Crippen LogP contribution in [-0.4, -0.2) is 42.9 Å². The predicted molar refractivity (Wildman–Crippen MR) is 115 cm³/mol. The first-order valence-corrected chi connectivity index (χ1v) is 10.2. The van der Waals surface area contributed by atoms with Gasteiger partial charge in [0, 0.05) is 18.5 Å². The number of piperidine rings is 1. The zero-order valence-electron chi connectivity index (χ0n) is 16.8. The molecule has 0 spiro atoms. The van der Waals surface area contributed by atoms with Crippen LogP contribution in [0.15, 0.2) is 54.6 Å². The molecule has 0 bridgehead atoms. The van der Waals surface area contributed by atoms with Crippen molar-refractivity contribution in [2.75, 3.05) is 26.2 Å². The van der Waals surface area contributed by atoms with Crippen molar-refractivity contribution in [2.45, 2.75) is 25.8 Å². The molecule has 0 unspecified atom stereocenters. The van der Waals surface area contributed by atoms with Gasteiger partial charge in [-0.2, -0.15) is 0 Å². The zero-order chi connectivity index (χ0) is 20.5. The van der Waals surface area contributed by atoms with Crippen LogP contribution in [0.2, 0.25) is 0 Å². The molecule has 6 heteroatoms. The van der Waals surface area contributed by atoms with Crippen molar-refractivity contribution in [2.24, 2.45) is 11.7 Å². The minimum Gasteiger partial charge on any atom is -0.492 e. The number of likely N-dealkylation sites (tertiary alicyclic amines) is 1. The van der Waals surface area contributed by atoms with E-state index in [-0.39, 0.29) is 11.7 Å². The normalized spacial score (nSPS) is 15.0. The fourth-order valence-corrected chi connectivity index (χ4v) is 3.64. The third-order valence-electron chi connectivity index (χ3n) is 5.27. The van der Waals surface area contributed by atoms with Gasteiger partial charge in [-0.15, -0.1) is 0 Å². The molecular formula is C23H30N4O2. The van der Waals surface area contributed by atoms with Crippen LogP contribution in [-0.2, 0) is 11.3 Å². The van der Waals surface area contributed by atoms with Crippen molar-refractivity contribution in [1.29, 1.82) is 5.41 Å². The number of amides is 1. The number of hydrogen-bond donors (Lipinski definition) is 3. The first-order chi connectivity index (χ1) is 14.1. The molecule has 2 aromatic rings. The summed E-state index contributed by atoms with van der Waals surface area (Å²) in [6.07, 6.45) is 2.71. The molecule has 0 aromatic heterocycles. The van der Waals surface area contributed by atoms with Crippen molar-refractivity contribution in [3.63, 3.8) is 0 Å². The summed E-state index contributed by atoms with van der Waals surface area (Å²) in [5, 5.41) is 10.4. The number of carbonyl (C=O) groups is 1. The molecule has 0 radical (unpaired) electrons. The first-order valence-electron chi connectivity index (χ1n) is 10.2. The van der Waals surface area contributed by atoms with E-state index in [0.29, 0.717) is 36.8 Å². The minimum absolute atomic E-state index is 0.0126. The van der Waals surface area contributed by atoms with Crippen molar-refractivity contribution in [1.82, 2.24) is 10.2 Å². The molecule has 2 aromatic carbocycles. The van der Waals surface area contributed by atoms with Gasteiger partial charge in [0.05, 0.1) is 6.54 Å². The van der Waals surface area contributed by atoms with Crippen LogP contribution in [0.1, 0.15) is 30.4 Å². The Balaban J connectivity index is 1.30. The number of hydrogen-bond acceptors (Lipinski definition) is 4. The van der Waals surface area contributed by atoms with Crippen molar-refractivity contribution >= 4 is 11.7 Å². The SMILES string of the molecule is N=C(N)c1cccc(OCCNC(=O)CC2CCN(Cc3ccccc3)CC2)c1. The number of amidine groups is 1. The van der Waals surface area contributed by atoms with E-state index in [1.54, 1.807) is 18.2 Å². The van der Waals surface area contributed by atoms with Gasteiger partial charge in [-0.3, -0.25) is 15.1 Å². The summed E-state index contributed by atoms with van der Waals surface area (Å²) in [6.45, 7) is 3.94. The number of nitrogen functional groups attached to an aromatic ring is 1. The molecule has 0 atom stereocenters. The number of rotatable bonds is 9. The molecule has 1 aliphatic rings. The molecule has 3 rings (SSSR count). The van der Waals surface area contributed by atoms with Gasteiger partial charge >= 0.3 is 0 Å². The highest BCUT2D eigenvalue weighted by molar-refractivity contribution is 5.95. The summed E-state index contributed by atoms with van der Waals surface area (Å²) < 4.78 is 5.63. The summed E-state index contributed by atoms with van der Waals surface area (Å²) in [5.41, 5.74) is 7.46. The number of benzene rings is 2. The summed E-state index contributed by atoms with van der Waals surface area (Å²) in [5.74, 6) is 1.21. The third kappa shape index (κ3) is 6.91. The Hall–Kier alpha value is -2.86. The smallest absolute Gasteiger partial charge is 0.220 e. The second-order valence-electron chi connectivity index (χ2n) is 7.55. The minimum atomic E-state index is 0.0126. The van der Waals surface area contributed by atoms with E-state index >= 15 is 0 Å². The van der Waals surface area contributed by atoms with E-state index < -0.39 is 0 Å². The molecule has 1 saturated heterocycles. The van der Waals surface area contributed by atoms with Crippen LogP contribution >= 0.6 is 0 Å². The molecule has 1 aliphatic heterocycles. The summed E-state index contributed by atoms with van der Waals surface area (Å²) >= 11 is 0. The van der Waals surface area contributed by atoms with Gasteiger partial charge in [0.15, 0.2) is 0 Å². The highest BCUT2D eigenvalue weighted by atomic mass is 16.5. The summed E-state index contributed by atoms with van der Waals surface area (Å²) in [4.78, 5) is 14.7. The number of ether oxygens (including phenoxy) is 1. The van der Waals surface area contributed by atoms with Crippen molar-refractivity contribution in [3.8, 4) is 5.75 Å². The lowest BCUT2D eigenvalue weighted by molar-refractivity contribution is -0.122. The maximum atomic E-state index is 12.2. The maximum Gasteiger partial charge on any atom is 0.220 e. The molecule has 1 fully saturated rings. The Morgan fingerprint density at radius 2 is 1.90 bits per heavy atom. The van der Waals surface area contributed by atoms with E-state index in [1.165, 1.54) is 5.56 Å². The average Bonchev–Trinajstić information content (AvgIpc) is 2.74. The topological polar surface area (TPSA) is 91.4 Å². The molecular weight excluding hydrogens is 364 g/mol. The van der Waals surface area contributed by atoms with Crippen LogP contribution < -0.4 is 15.8 Å². The Labute approximate surface area is 172 Å². The van der Waals surface area contributed by atoms with Gasteiger partial charge in [0.25, 0.3) is 0 Å². The standard InChI is InChI=1S/C23H30N4O2/c24-23(25)20-7-4-8-21(16-20)29-14-11-26-22(28)15-18-9-12-27(13-10-18)17-19-5-2-1-3-6-19/h1-8,16,18H,9-15,17H2,(H3,24,25)(H,26,28). The van der Waals surface area contributed by atoms with Crippen LogP contribution in [0.5, 0.6) is 5.75 Å². The third-order valence-corrected chi connectivity index (χ3v) is 5.27. The van der Waals surface area contributed by atoms with Gasteiger partial charge in [-0.05, 0) is 49.5 Å². The van der Waals surface area contributed by atoms with E-state index in [9.17, 15) is 4.79 Å². The number of carbonyl (C=O) groups excluding carboxylic acids is 1. The Morgan fingerprint density at radius 3 is 2.62 bits per heavy atom. The number of nitrogens with one attached hydrogen (secondary N) is 2. The molecule has 0 aliphatic carbocycles. The molecule has 1 amide bonds. The van der Waals surface area contributed by atoms with Crippen molar-refractivity contribution in [3.05, 3.63) is 65.7 Å². The first kappa shape index (κ1) is 20.9. The molecule has 29 heavy (non-hydrogen) atoms. The van der Waals surface area contributed by atoms with Crippen LogP contribution in [0.4, 0.5) is 0 Å². The summed E-state index contributed by atoms with van der Waals surface area (Å²) in [6, 6.07) is 17.6.